The van der Waals surface area contributed by atoms with E-state index in [-0.39, 0.29) is 6.61 Å². The average Bonchev–Trinajstić information content (AvgIpc) is 2.16. The van der Waals surface area contributed by atoms with Gasteiger partial charge >= 0.3 is 5.69 Å². The van der Waals surface area contributed by atoms with Gasteiger partial charge in [0.25, 0.3) is 0 Å². The van der Waals surface area contributed by atoms with Crippen LogP contribution in [-0.2, 0) is 6.42 Å². The first-order valence-electron chi connectivity index (χ1n) is 4.19. The Morgan fingerprint density at radius 3 is 2.79 bits per heavy atom. The lowest BCUT2D eigenvalue weighted by atomic mass is 10.1. The van der Waals surface area contributed by atoms with Crippen molar-refractivity contribution >= 4 is 5.69 Å². The van der Waals surface area contributed by atoms with Crippen LogP contribution < -0.4 is 0 Å². The fraction of sp³-hybridized carbons (Fsp3) is 0.333. The van der Waals surface area contributed by atoms with E-state index < -0.39 is 16.4 Å². The highest BCUT2D eigenvalue weighted by atomic mass is 19.1. The SMILES string of the molecule is O=[N+]([O-])c1cc(CCCO)ccc1F. The van der Waals surface area contributed by atoms with E-state index in [0.29, 0.717) is 18.4 Å². The second-order valence-corrected chi connectivity index (χ2v) is 2.87. The Morgan fingerprint density at radius 2 is 2.21 bits per heavy atom. The van der Waals surface area contributed by atoms with E-state index in [2.05, 4.69) is 0 Å². The van der Waals surface area contributed by atoms with Crippen molar-refractivity contribution in [2.75, 3.05) is 6.61 Å². The van der Waals surface area contributed by atoms with Gasteiger partial charge in [-0.25, -0.2) is 0 Å². The number of benzene rings is 1. The fourth-order valence-electron chi connectivity index (χ4n) is 1.14. The first kappa shape index (κ1) is 10.6. The summed E-state index contributed by atoms with van der Waals surface area (Å²) >= 11 is 0. The number of aliphatic hydroxyl groups is 1. The van der Waals surface area contributed by atoms with Gasteiger partial charge in [0.2, 0.25) is 5.82 Å². The Hall–Kier alpha value is -1.49. The first-order chi connectivity index (χ1) is 6.65. The summed E-state index contributed by atoms with van der Waals surface area (Å²) in [6.07, 6.45) is 1.03. The zero-order valence-electron chi connectivity index (χ0n) is 7.44. The van der Waals surface area contributed by atoms with E-state index in [1.807, 2.05) is 0 Å². The van der Waals surface area contributed by atoms with Gasteiger partial charge in [0, 0.05) is 12.7 Å². The topological polar surface area (TPSA) is 63.4 Å². The lowest BCUT2D eigenvalue weighted by Gasteiger charge is -1.99. The number of nitro groups is 1. The van der Waals surface area contributed by atoms with Crippen molar-refractivity contribution in [2.24, 2.45) is 0 Å². The Kier molecular flexibility index (Phi) is 3.53. The molecule has 0 bridgehead atoms. The molecule has 0 saturated heterocycles. The van der Waals surface area contributed by atoms with Gasteiger partial charge < -0.3 is 5.11 Å². The Balaban J connectivity index is 2.89. The molecule has 0 saturated carbocycles. The van der Waals surface area contributed by atoms with Crippen molar-refractivity contribution in [3.8, 4) is 0 Å². The Labute approximate surface area is 80.1 Å². The monoisotopic (exact) mass is 199 g/mol. The summed E-state index contributed by atoms with van der Waals surface area (Å²) in [5.41, 5.74) is 0.146. The van der Waals surface area contributed by atoms with Gasteiger partial charge in [-0.05, 0) is 24.5 Å². The van der Waals surface area contributed by atoms with E-state index >= 15 is 0 Å². The third-order valence-electron chi connectivity index (χ3n) is 1.83. The summed E-state index contributed by atoms with van der Waals surface area (Å²) in [6.45, 7) is 0.0190. The van der Waals surface area contributed by atoms with Crippen molar-refractivity contribution in [1.29, 1.82) is 0 Å². The third-order valence-corrected chi connectivity index (χ3v) is 1.83. The molecule has 1 rings (SSSR count). The van der Waals surface area contributed by atoms with Gasteiger partial charge in [-0.15, -0.1) is 0 Å². The molecule has 0 heterocycles. The molecular formula is C9H10FNO3. The van der Waals surface area contributed by atoms with Crippen LogP contribution in [0.5, 0.6) is 0 Å². The lowest BCUT2D eigenvalue weighted by Crippen LogP contribution is -1.95. The second kappa shape index (κ2) is 4.66. The number of nitrogens with zero attached hydrogens (tertiary/aromatic N) is 1. The van der Waals surface area contributed by atoms with Gasteiger partial charge in [0.15, 0.2) is 0 Å². The maximum atomic E-state index is 12.9. The maximum Gasteiger partial charge on any atom is 0.305 e. The Morgan fingerprint density at radius 1 is 1.50 bits per heavy atom. The number of aliphatic hydroxyl groups excluding tert-OH is 1. The molecule has 4 nitrogen and oxygen atoms in total. The molecule has 76 valence electrons. The molecule has 1 aromatic carbocycles. The quantitative estimate of drug-likeness (QED) is 0.592. The first-order valence-corrected chi connectivity index (χ1v) is 4.19. The van der Waals surface area contributed by atoms with Crippen molar-refractivity contribution in [3.63, 3.8) is 0 Å². The van der Waals surface area contributed by atoms with Crippen LogP contribution in [0.2, 0.25) is 0 Å². The normalized spacial score (nSPS) is 10.1. The molecule has 0 aliphatic carbocycles. The summed E-state index contributed by atoms with van der Waals surface area (Å²) in [5.74, 6) is -0.831. The zero-order valence-corrected chi connectivity index (χ0v) is 7.44. The Bertz CT molecular complexity index is 341. The van der Waals surface area contributed by atoms with Gasteiger partial charge in [-0.2, -0.15) is 4.39 Å². The molecule has 0 aromatic heterocycles. The molecule has 0 aliphatic heterocycles. The van der Waals surface area contributed by atoms with E-state index in [1.54, 1.807) is 0 Å². The molecule has 0 radical (unpaired) electrons. The molecule has 14 heavy (non-hydrogen) atoms. The standard InChI is InChI=1S/C9H10FNO3/c10-8-4-3-7(2-1-5-12)6-9(8)11(13)14/h3-4,6,12H,1-2,5H2. The van der Waals surface area contributed by atoms with Crippen LogP contribution in [0, 0.1) is 15.9 Å². The van der Waals surface area contributed by atoms with Gasteiger partial charge in [0.1, 0.15) is 0 Å². The maximum absolute atomic E-state index is 12.9. The van der Waals surface area contributed by atoms with Crippen molar-refractivity contribution in [2.45, 2.75) is 12.8 Å². The van der Waals surface area contributed by atoms with Crippen LogP contribution in [0.3, 0.4) is 0 Å². The summed E-state index contributed by atoms with van der Waals surface area (Å²) in [7, 11) is 0. The van der Waals surface area contributed by atoms with Crippen LogP contribution in [-0.4, -0.2) is 16.6 Å². The minimum Gasteiger partial charge on any atom is -0.396 e. The smallest absolute Gasteiger partial charge is 0.305 e. The number of hydrogen-bond acceptors (Lipinski definition) is 3. The van der Waals surface area contributed by atoms with Crippen LogP contribution in [0.1, 0.15) is 12.0 Å². The zero-order chi connectivity index (χ0) is 10.6. The van der Waals surface area contributed by atoms with Crippen molar-refractivity contribution in [3.05, 3.63) is 39.7 Å². The number of nitro benzene ring substituents is 1. The van der Waals surface area contributed by atoms with Crippen LogP contribution in [0.25, 0.3) is 0 Å². The minimum atomic E-state index is -0.831. The highest BCUT2D eigenvalue weighted by Crippen LogP contribution is 2.19. The molecular weight excluding hydrogens is 189 g/mol. The van der Waals surface area contributed by atoms with E-state index in [0.717, 1.165) is 6.07 Å². The highest BCUT2D eigenvalue weighted by molar-refractivity contribution is 5.36. The van der Waals surface area contributed by atoms with Gasteiger partial charge in [-0.1, -0.05) is 6.07 Å². The summed E-state index contributed by atoms with van der Waals surface area (Å²) in [6, 6.07) is 3.76. The lowest BCUT2D eigenvalue weighted by molar-refractivity contribution is -0.387. The van der Waals surface area contributed by atoms with E-state index in [9.17, 15) is 14.5 Å². The molecule has 1 N–H and O–H groups in total. The van der Waals surface area contributed by atoms with Gasteiger partial charge in [0.05, 0.1) is 4.92 Å². The minimum absolute atomic E-state index is 0.0190. The number of halogens is 1. The van der Waals surface area contributed by atoms with E-state index in [4.69, 9.17) is 5.11 Å². The molecule has 0 fully saturated rings. The number of rotatable bonds is 4. The fourth-order valence-corrected chi connectivity index (χ4v) is 1.14. The highest BCUT2D eigenvalue weighted by Gasteiger charge is 2.13. The molecule has 5 heteroatoms. The van der Waals surface area contributed by atoms with Crippen LogP contribution in [0.4, 0.5) is 10.1 Å². The summed E-state index contributed by atoms with van der Waals surface area (Å²) < 4.78 is 12.9. The predicted molar refractivity (Wildman–Crippen MR) is 48.5 cm³/mol. The second-order valence-electron chi connectivity index (χ2n) is 2.87. The van der Waals surface area contributed by atoms with Crippen molar-refractivity contribution in [1.82, 2.24) is 0 Å². The molecule has 0 unspecified atom stereocenters. The predicted octanol–water partition coefficient (Wildman–Crippen LogP) is 1.66. The van der Waals surface area contributed by atoms with Crippen LogP contribution >= 0.6 is 0 Å². The van der Waals surface area contributed by atoms with E-state index in [1.165, 1.54) is 12.1 Å². The molecule has 1 aromatic rings. The number of hydrogen-bond donors (Lipinski definition) is 1. The largest absolute Gasteiger partial charge is 0.396 e. The average molecular weight is 199 g/mol. The summed E-state index contributed by atoms with van der Waals surface area (Å²) in [4.78, 5) is 9.61. The molecule has 0 amide bonds. The third kappa shape index (κ3) is 2.50. The molecule has 0 aliphatic rings. The molecule has 0 atom stereocenters. The molecule has 0 spiro atoms. The van der Waals surface area contributed by atoms with Gasteiger partial charge in [-0.3, -0.25) is 10.1 Å². The van der Waals surface area contributed by atoms with Crippen molar-refractivity contribution < 1.29 is 14.4 Å². The summed E-state index contributed by atoms with van der Waals surface area (Å²) in [5, 5.41) is 18.9. The number of aryl methyl sites for hydroxylation is 1. The van der Waals surface area contributed by atoms with Crippen LogP contribution in [0.15, 0.2) is 18.2 Å².